The first-order valence-corrected chi connectivity index (χ1v) is 12.3. The number of hydrogen-bond acceptors (Lipinski definition) is 4. The molecule has 0 aliphatic carbocycles. The van der Waals surface area contributed by atoms with E-state index in [4.69, 9.17) is 4.98 Å². The molecule has 0 bridgehead atoms. The molecular weight excluding hydrogens is 418 g/mol. The van der Waals surface area contributed by atoms with Gasteiger partial charge in [0.25, 0.3) is 0 Å². The SMILES string of the molecule is CC(=O)N1CCC(C(=O)N2CCC(c3nc4ccccc4s3)CC2)(c2ccccc2)CC1. The molecule has 32 heavy (non-hydrogen) atoms. The van der Waals surface area contributed by atoms with Gasteiger partial charge in [-0.2, -0.15) is 0 Å². The maximum Gasteiger partial charge on any atom is 0.233 e. The van der Waals surface area contributed by atoms with E-state index in [1.54, 1.807) is 18.3 Å². The Morgan fingerprint density at radius 3 is 2.22 bits per heavy atom. The second-order valence-corrected chi connectivity index (χ2v) is 10.1. The van der Waals surface area contributed by atoms with Gasteiger partial charge >= 0.3 is 0 Å². The van der Waals surface area contributed by atoms with E-state index in [1.807, 2.05) is 29.2 Å². The number of para-hydroxylation sites is 1. The second-order valence-electron chi connectivity index (χ2n) is 9.04. The van der Waals surface area contributed by atoms with Crippen LogP contribution in [-0.4, -0.2) is 52.8 Å². The number of thiazole rings is 1. The summed E-state index contributed by atoms with van der Waals surface area (Å²) >= 11 is 1.79. The van der Waals surface area contributed by atoms with Crippen molar-refractivity contribution in [2.45, 2.75) is 43.9 Å². The van der Waals surface area contributed by atoms with E-state index >= 15 is 0 Å². The summed E-state index contributed by atoms with van der Waals surface area (Å²) in [6.07, 6.45) is 3.28. The molecule has 2 amide bonds. The Hall–Kier alpha value is -2.73. The van der Waals surface area contributed by atoms with Crippen molar-refractivity contribution < 1.29 is 9.59 Å². The molecule has 0 radical (unpaired) electrons. The third kappa shape index (κ3) is 3.81. The first-order chi connectivity index (χ1) is 15.6. The molecule has 0 spiro atoms. The molecule has 2 aromatic carbocycles. The van der Waals surface area contributed by atoms with Crippen molar-refractivity contribution in [3.8, 4) is 0 Å². The van der Waals surface area contributed by atoms with Crippen molar-refractivity contribution in [1.29, 1.82) is 0 Å². The van der Waals surface area contributed by atoms with Gasteiger partial charge in [-0.05, 0) is 43.4 Å². The lowest BCUT2D eigenvalue weighted by Crippen LogP contribution is -2.54. The predicted molar refractivity (Wildman–Crippen MR) is 128 cm³/mol. The van der Waals surface area contributed by atoms with Crippen LogP contribution in [-0.2, 0) is 15.0 Å². The molecule has 3 aromatic rings. The zero-order valence-electron chi connectivity index (χ0n) is 18.5. The topological polar surface area (TPSA) is 53.5 Å². The Kier molecular flexibility index (Phi) is 5.72. The first-order valence-electron chi connectivity index (χ1n) is 11.5. The average Bonchev–Trinajstić information content (AvgIpc) is 3.28. The molecule has 0 unspecified atom stereocenters. The van der Waals surface area contributed by atoms with Crippen LogP contribution in [0.5, 0.6) is 0 Å². The van der Waals surface area contributed by atoms with Crippen LogP contribution in [0, 0.1) is 0 Å². The standard InChI is InChI=1S/C26H29N3O2S/c1-19(30)28-17-13-26(14-18-28,21-7-3-2-4-8-21)25(31)29-15-11-20(12-16-29)24-27-22-9-5-6-10-23(22)32-24/h2-10,20H,11-18H2,1H3. The van der Waals surface area contributed by atoms with Crippen molar-refractivity contribution in [1.82, 2.24) is 14.8 Å². The minimum atomic E-state index is -0.532. The highest BCUT2D eigenvalue weighted by molar-refractivity contribution is 7.18. The third-order valence-electron chi connectivity index (χ3n) is 7.24. The van der Waals surface area contributed by atoms with Gasteiger partial charge in [-0.15, -0.1) is 11.3 Å². The van der Waals surface area contributed by atoms with Gasteiger partial charge in [0.1, 0.15) is 0 Å². The first kappa shape index (κ1) is 21.1. The maximum atomic E-state index is 13.9. The van der Waals surface area contributed by atoms with Crippen LogP contribution < -0.4 is 0 Å². The quantitative estimate of drug-likeness (QED) is 0.590. The smallest absolute Gasteiger partial charge is 0.233 e. The highest BCUT2D eigenvalue weighted by atomic mass is 32.1. The van der Waals surface area contributed by atoms with Crippen molar-refractivity contribution in [2.24, 2.45) is 0 Å². The van der Waals surface area contributed by atoms with Gasteiger partial charge < -0.3 is 9.80 Å². The molecule has 5 nitrogen and oxygen atoms in total. The van der Waals surface area contributed by atoms with Gasteiger partial charge in [0.05, 0.1) is 20.6 Å². The molecule has 0 N–H and O–H groups in total. The Morgan fingerprint density at radius 2 is 1.56 bits per heavy atom. The molecule has 3 heterocycles. The predicted octanol–water partition coefficient (Wildman–Crippen LogP) is 4.58. The number of likely N-dealkylation sites (tertiary alicyclic amines) is 2. The number of fused-ring (bicyclic) bond motifs is 1. The molecule has 1 aromatic heterocycles. The maximum absolute atomic E-state index is 13.9. The molecule has 0 saturated carbocycles. The Labute approximate surface area is 193 Å². The summed E-state index contributed by atoms with van der Waals surface area (Å²) in [7, 11) is 0. The van der Waals surface area contributed by atoms with E-state index in [0.29, 0.717) is 31.8 Å². The van der Waals surface area contributed by atoms with E-state index in [2.05, 4.69) is 35.2 Å². The van der Waals surface area contributed by atoms with Crippen molar-refractivity contribution >= 4 is 33.4 Å². The van der Waals surface area contributed by atoms with Crippen molar-refractivity contribution in [3.63, 3.8) is 0 Å². The Morgan fingerprint density at radius 1 is 0.906 bits per heavy atom. The minimum absolute atomic E-state index is 0.0933. The average molecular weight is 448 g/mol. The lowest BCUT2D eigenvalue weighted by Gasteiger charge is -2.44. The zero-order chi connectivity index (χ0) is 22.1. The van der Waals surface area contributed by atoms with Gasteiger partial charge in [0.15, 0.2) is 0 Å². The molecule has 2 aliphatic rings. The van der Waals surface area contributed by atoms with Crippen LogP contribution in [0.25, 0.3) is 10.2 Å². The fraction of sp³-hybridized carbons (Fsp3) is 0.423. The van der Waals surface area contributed by atoms with Crippen LogP contribution in [0.2, 0.25) is 0 Å². The third-order valence-corrected chi connectivity index (χ3v) is 8.44. The minimum Gasteiger partial charge on any atom is -0.343 e. The van der Waals surface area contributed by atoms with E-state index in [1.165, 1.54) is 9.71 Å². The number of benzene rings is 2. The van der Waals surface area contributed by atoms with E-state index in [-0.39, 0.29) is 11.8 Å². The molecular formula is C26H29N3O2S. The number of nitrogens with zero attached hydrogens (tertiary/aromatic N) is 3. The summed E-state index contributed by atoms with van der Waals surface area (Å²) < 4.78 is 1.24. The molecule has 0 atom stereocenters. The highest BCUT2D eigenvalue weighted by Gasteiger charge is 2.46. The normalized spacial score (nSPS) is 19.3. The van der Waals surface area contributed by atoms with E-state index in [0.717, 1.165) is 37.0 Å². The van der Waals surface area contributed by atoms with Crippen LogP contribution in [0.4, 0.5) is 0 Å². The summed E-state index contributed by atoms with van der Waals surface area (Å²) in [4.78, 5) is 34.6. The number of aromatic nitrogens is 1. The monoisotopic (exact) mass is 447 g/mol. The summed E-state index contributed by atoms with van der Waals surface area (Å²) in [6.45, 7) is 4.43. The molecule has 2 fully saturated rings. The second kappa shape index (κ2) is 8.66. The van der Waals surface area contributed by atoms with Crippen LogP contribution in [0.15, 0.2) is 54.6 Å². The number of amides is 2. The summed E-state index contributed by atoms with van der Waals surface area (Å²) in [5, 5.41) is 1.20. The van der Waals surface area contributed by atoms with Crippen LogP contribution >= 0.6 is 11.3 Å². The molecule has 6 heteroatoms. The van der Waals surface area contributed by atoms with E-state index in [9.17, 15) is 9.59 Å². The summed E-state index contributed by atoms with van der Waals surface area (Å²) in [6, 6.07) is 18.5. The van der Waals surface area contributed by atoms with Gasteiger partial charge in [-0.1, -0.05) is 42.5 Å². The fourth-order valence-corrected chi connectivity index (χ4v) is 6.42. The number of carbonyl (C=O) groups excluding carboxylic acids is 2. The van der Waals surface area contributed by atoms with Gasteiger partial charge in [-0.25, -0.2) is 4.98 Å². The highest BCUT2D eigenvalue weighted by Crippen LogP contribution is 2.40. The number of carbonyl (C=O) groups is 2. The van der Waals surface area contributed by atoms with Crippen LogP contribution in [0.3, 0.4) is 0 Å². The van der Waals surface area contributed by atoms with E-state index < -0.39 is 5.41 Å². The Balaban J connectivity index is 1.33. The summed E-state index contributed by atoms with van der Waals surface area (Å²) in [5.41, 5.74) is 1.63. The van der Waals surface area contributed by atoms with Gasteiger partial charge in [0, 0.05) is 39.0 Å². The van der Waals surface area contributed by atoms with Crippen molar-refractivity contribution in [2.75, 3.05) is 26.2 Å². The number of piperidine rings is 2. The number of hydrogen-bond donors (Lipinski definition) is 0. The van der Waals surface area contributed by atoms with Gasteiger partial charge in [0.2, 0.25) is 11.8 Å². The molecule has 5 rings (SSSR count). The largest absolute Gasteiger partial charge is 0.343 e. The lowest BCUT2D eigenvalue weighted by atomic mass is 9.71. The molecule has 166 valence electrons. The molecule has 2 aliphatic heterocycles. The Bertz CT molecular complexity index is 1080. The molecule has 2 saturated heterocycles. The van der Waals surface area contributed by atoms with Crippen molar-refractivity contribution in [3.05, 3.63) is 65.2 Å². The fourth-order valence-electron chi connectivity index (χ4n) is 5.28. The number of rotatable bonds is 3. The van der Waals surface area contributed by atoms with Gasteiger partial charge in [-0.3, -0.25) is 9.59 Å². The van der Waals surface area contributed by atoms with Crippen LogP contribution in [0.1, 0.15) is 49.1 Å². The summed E-state index contributed by atoms with van der Waals surface area (Å²) in [5.74, 6) is 0.745. The lowest BCUT2D eigenvalue weighted by molar-refractivity contribution is -0.143. The zero-order valence-corrected chi connectivity index (χ0v) is 19.3.